The van der Waals surface area contributed by atoms with Gasteiger partial charge in [0.1, 0.15) is 17.3 Å². The van der Waals surface area contributed by atoms with Crippen LogP contribution in [0.25, 0.3) is 0 Å². The Balaban J connectivity index is 1.73. The smallest absolute Gasteiger partial charge is 0.410 e. The van der Waals surface area contributed by atoms with Gasteiger partial charge in [0.2, 0.25) is 5.78 Å². The lowest BCUT2D eigenvalue weighted by atomic mass is 9.85. The summed E-state index contributed by atoms with van der Waals surface area (Å²) in [6.45, 7) is 16.6. The number of alkyl halides is 2. The topological polar surface area (TPSA) is 72.9 Å². The molecule has 2 aromatic carbocycles. The van der Waals surface area contributed by atoms with E-state index in [1.807, 2.05) is 36.4 Å². The van der Waals surface area contributed by atoms with Gasteiger partial charge in [0.05, 0.1) is 0 Å². The van der Waals surface area contributed by atoms with E-state index in [1.165, 1.54) is 4.90 Å². The van der Waals surface area contributed by atoms with Crippen molar-refractivity contribution in [3.63, 3.8) is 0 Å². The zero-order chi connectivity index (χ0) is 32.2. The highest BCUT2D eigenvalue weighted by atomic mass is 28.4. The highest BCUT2D eigenvalue weighted by molar-refractivity contribution is 6.99. The van der Waals surface area contributed by atoms with Crippen LogP contribution < -0.4 is 10.4 Å². The number of hydrogen-bond donors (Lipinski definition) is 0. The summed E-state index contributed by atoms with van der Waals surface area (Å²) in [4.78, 5) is 39.6. The molecule has 2 atom stereocenters. The molecule has 2 unspecified atom stereocenters. The SMILES string of the molecule is C=C(CCO[Si](c1ccccc1)(c1ccccc1)C(C)(C)C)CC(F)(F)C(=O)C1CN(C(=O)OC(C)(C)C)C(C)CC1=O. The van der Waals surface area contributed by atoms with Gasteiger partial charge in [0, 0.05) is 32.0 Å². The van der Waals surface area contributed by atoms with Crippen LogP contribution in [0.2, 0.25) is 5.04 Å². The fourth-order valence-electron chi connectivity index (χ4n) is 5.68. The summed E-state index contributed by atoms with van der Waals surface area (Å²) < 4.78 is 42.9. The highest BCUT2D eigenvalue weighted by Crippen LogP contribution is 2.37. The number of piperidine rings is 1. The van der Waals surface area contributed by atoms with E-state index in [0.29, 0.717) is 0 Å². The summed E-state index contributed by atoms with van der Waals surface area (Å²) in [6, 6.07) is 19.4. The van der Waals surface area contributed by atoms with Crippen molar-refractivity contribution < 1.29 is 32.3 Å². The van der Waals surface area contributed by atoms with E-state index in [4.69, 9.17) is 9.16 Å². The van der Waals surface area contributed by atoms with E-state index in [-0.39, 0.29) is 30.1 Å². The zero-order valence-corrected chi connectivity index (χ0v) is 27.4. The minimum absolute atomic E-state index is 0.118. The summed E-state index contributed by atoms with van der Waals surface area (Å²) in [5.74, 6) is -7.54. The molecular formula is C34H45F2NO5Si. The summed E-state index contributed by atoms with van der Waals surface area (Å²) in [7, 11) is -2.86. The van der Waals surface area contributed by atoms with Gasteiger partial charge < -0.3 is 14.1 Å². The summed E-state index contributed by atoms with van der Waals surface area (Å²) >= 11 is 0. The van der Waals surface area contributed by atoms with Crippen LogP contribution in [0, 0.1) is 5.92 Å². The predicted octanol–water partition coefficient (Wildman–Crippen LogP) is 6.32. The van der Waals surface area contributed by atoms with Gasteiger partial charge in [0.15, 0.2) is 0 Å². The van der Waals surface area contributed by atoms with Crippen molar-refractivity contribution in [2.75, 3.05) is 13.2 Å². The second kappa shape index (κ2) is 13.2. The first-order chi connectivity index (χ1) is 19.9. The number of Topliss-reactive ketones (excluding diaryl/α,β-unsaturated/α-hetero) is 2. The van der Waals surface area contributed by atoms with E-state index in [9.17, 15) is 14.4 Å². The van der Waals surface area contributed by atoms with E-state index in [0.717, 1.165) is 10.4 Å². The highest BCUT2D eigenvalue weighted by Gasteiger charge is 2.51. The number of likely N-dealkylation sites (tertiary alicyclic amines) is 1. The lowest BCUT2D eigenvalue weighted by Crippen LogP contribution is -2.66. The minimum atomic E-state index is -3.82. The Morgan fingerprint density at radius 1 is 0.953 bits per heavy atom. The van der Waals surface area contributed by atoms with Gasteiger partial charge in [0.25, 0.3) is 8.32 Å². The van der Waals surface area contributed by atoms with Crippen LogP contribution in [0.1, 0.15) is 67.7 Å². The Bertz CT molecular complexity index is 1260. The number of carbonyl (C=O) groups excluding carboxylic acids is 3. The molecule has 43 heavy (non-hydrogen) atoms. The number of benzene rings is 2. The van der Waals surface area contributed by atoms with E-state index in [2.05, 4.69) is 51.6 Å². The van der Waals surface area contributed by atoms with Crippen molar-refractivity contribution in [1.29, 1.82) is 0 Å². The fourth-order valence-corrected chi connectivity index (χ4v) is 10.2. The third-order valence-electron chi connectivity index (χ3n) is 7.76. The Labute approximate surface area is 255 Å². The quantitative estimate of drug-likeness (QED) is 0.178. The summed E-state index contributed by atoms with van der Waals surface area (Å²) in [5.41, 5.74) is -0.660. The second-order valence-electron chi connectivity index (χ2n) is 13.5. The van der Waals surface area contributed by atoms with Gasteiger partial charge in [-0.05, 0) is 49.5 Å². The van der Waals surface area contributed by atoms with Gasteiger partial charge in [-0.25, -0.2) is 4.79 Å². The van der Waals surface area contributed by atoms with Crippen molar-refractivity contribution in [2.45, 2.75) is 90.3 Å². The number of amides is 1. The molecule has 1 aliphatic rings. The molecule has 6 nitrogen and oxygen atoms in total. The lowest BCUT2D eigenvalue weighted by molar-refractivity contribution is -0.154. The number of rotatable bonds is 10. The summed E-state index contributed by atoms with van der Waals surface area (Å²) in [5, 5.41) is 1.86. The maximum atomic E-state index is 15.4. The monoisotopic (exact) mass is 613 g/mol. The molecule has 1 heterocycles. The molecule has 0 spiro atoms. The average Bonchev–Trinajstić information content (AvgIpc) is 2.90. The Morgan fingerprint density at radius 2 is 1.47 bits per heavy atom. The first-order valence-electron chi connectivity index (χ1n) is 14.7. The van der Waals surface area contributed by atoms with Crippen LogP contribution in [0.3, 0.4) is 0 Å². The van der Waals surface area contributed by atoms with Gasteiger partial charge in [-0.3, -0.25) is 9.59 Å². The molecule has 3 rings (SSSR count). The standard InChI is InChI=1S/C34H45F2NO5Si/c1-24(19-20-41-43(33(6,7)8,26-15-11-9-12-16-26)27-17-13-10-14-18-27)22-34(35,36)30(39)28-23-37(25(2)21-29(28)38)31(40)42-32(3,4)5/h9-18,25,28H,1,19-23H2,2-8H3. The molecule has 234 valence electrons. The average molecular weight is 614 g/mol. The van der Waals surface area contributed by atoms with Crippen LogP contribution in [0.5, 0.6) is 0 Å². The normalized spacial score (nSPS) is 18.3. The molecule has 0 radical (unpaired) electrons. The molecule has 2 aromatic rings. The Morgan fingerprint density at radius 3 is 1.93 bits per heavy atom. The van der Waals surface area contributed by atoms with Crippen molar-refractivity contribution in [3.05, 3.63) is 72.8 Å². The Kier molecular flexibility index (Phi) is 10.6. The van der Waals surface area contributed by atoms with Crippen LogP contribution in [-0.2, 0) is 18.8 Å². The maximum Gasteiger partial charge on any atom is 0.410 e. The molecule has 1 fully saturated rings. The molecule has 1 saturated heterocycles. The van der Waals surface area contributed by atoms with Gasteiger partial charge in [-0.15, -0.1) is 0 Å². The third-order valence-corrected chi connectivity index (χ3v) is 12.8. The maximum absolute atomic E-state index is 15.4. The molecule has 0 saturated carbocycles. The van der Waals surface area contributed by atoms with Crippen LogP contribution in [0.15, 0.2) is 72.8 Å². The van der Waals surface area contributed by atoms with Crippen LogP contribution in [-0.4, -0.2) is 61.6 Å². The van der Waals surface area contributed by atoms with E-state index < -0.39 is 62.4 Å². The van der Waals surface area contributed by atoms with Gasteiger partial charge >= 0.3 is 12.0 Å². The minimum Gasteiger partial charge on any atom is -0.444 e. The Hall–Kier alpha value is -3.17. The lowest BCUT2D eigenvalue weighted by Gasteiger charge is -2.43. The first-order valence-corrected chi connectivity index (χ1v) is 16.7. The van der Waals surface area contributed by atoms with Crippen molar-refractivity contribution in [1.82, 2.24) is 4.90 Å². The largest absolute Gasteiger partial charge is 0.444 e. The molecule has 9 heteroatoms. The number of ketones is 2. The molecular weight excluding hydrogens is 568 g/mol. The van der Waals surface area contributed by atoms with Crippen LogP contribution >= 0.6 is 0 Å². The molecule has 0 bridgehead atoms. The van der Waals surface area contributed by atoms with Gasteiger partial charge in [-0.2, -0.15) is 8.78 Å². The molecule has 0 aliphatic carbocycles. The van der Waals surface area contributed by atoms with E-state index >= 15 is 8.78 Å². The second-order valence-corrected chi connectivity index (χ2v) is 17.8. The van der Waals surface area contributed by atoms with Crippen molar-refractivity contribution >= 4 is 36.4 Å². The summed E-state index contributed by atoms with van der Waals surface area (Å²) in [6.07, 6.45) is -1.72. The van der Waals surface area contributed by atoms with Crippen molar-refractivity contribution in [2.24, 2.45) is 5.92 Å². The number of ether oxygens (including phenoxy) is 1. The molecule has 1 aliphatic heterocycles. The van der Waals surface area contributed by atoms with Gasteiger partial charge in [-0.1, -0.05) is 93.6 Å². The number of nitrogens with zero attached hydrogens (tertiary/aromatic N) is 1. The fraction of sp³-hybridized carbons (Fsp3) is 0.500. The third kappa shape index (κ3) is 8.06. The number of carbonyl (C=O) groups is 3. The molecule has 0 aromatic heterocycles. The molecule has 1 amide bonds. The first kappa shape index (κ1) is 34.3. The predicted molar refractivity (Wildman–Crippen MR) is 167 cm³/mol. The zero-order valence-electron chi connectivity index (χ0n) is 26.4. The number of halogens is 2. The van der Waals surface area contributed by atoms with Crippen molar-refractivity contribution in [3.8, 4) is 0 Å². The van der Waals surface area contributed by atoms with E-state index in [1.54, 1.807) is 27.7 Å². The number of hydrogen-bond acceptors (Lipinski definition) is 5. The van der Waals surface area contributed by atoms with Crippen LogP contribution in [0.4, 0.5) is 13.6 Å². The molecule has 0 N–H and O–H groups in total.